The number of pyridine rings is 2. The Kier molecular flexibility index (Phi) is 7.81. The van der Waals surface area contributed by atoms with Crippen LogP contribution in [-0.4, -0.2) is 9.97 Å². The molecule has 0 saturated carbocycles. The maximum absolute atomic E-state index is 13.5. The van der Waals surface area contributed by atoms with Gasteiger partial charge in [0, 0.05) is 28.7 Å². The second-order valence-electron chi connectivity index (χ2n) is 7.67. The molecule has 0 aliphatic heterocycles. The fraction of sp³-hybridized carbons (Fsp3) is 0.0741. The fourth-order valence-corrected chi connectivity index (χ4v) is 3.72. The topological polar surface area (TPSA) is 192 Å². The van der Waals surface area contributed by atoms with E-state index in [9.17, 15) is 63.2 Å². The lowest BCUT2D eigenvalue weighted by Crippen LogP contribution is -2.20. The Morgan fingerprint density at radius 2 is 1.02 bits per heavy atom. The van der Waals surface area contributed by atoms with Crippen molar-refractivity contribution in [3.05, 3.63) is 91.4 Å². The van der Waals surface area contributed by atoms with E-state index >= 15 is 0 Å². The van der Waals surface area contributed by atoms with E-state index in [1.807, 2.05) is 0 Å². The number of alkyl halides is 6. The Bertz CT molecular complexity index is 2100. The Labute approximate surface area is 230 Å². The van der Waals surface area contributed by atoms with E-state index in [-0.39, 0.29) is 0 Å². The van der Waals surface area contributed by atoms with Gasteiger partial charge < -0.3 is 0 Å². The van der Waals surface area contributed by atoms with Crippen LogP contribution in [0.2, 0.25) is 0 Å². The van der Waals surface area contributed by atoms with Gasteiger partial charge in [-0.2, -0.15) is 63.2 Å². The molecular weight excluding hydrogens is 564 g/mol. The molecule has 2 aromatic heterocycles. The molecule has 9 nitrogen and oxygen atoms in total. The number of aromatic nitrogens is 2. The van der Waals surface area contributed by atoms with Crippen molar-refractivity contribution in [2.75, 3.05) is 0 Å². The van der Waals surface area contributed by atoms with Gasteiger partial charge in [-0.15, -0.1) is 0 Å². The van der Waals surface area contributed by atoms with Crippen LogP contribution in [0.1, 0.15) is 50.3 Å². The van der Waals surface area contributed by atoms with Crippen LogP contribution in [0.25, 0.3) is 11.1 Å². The van der Waals surface area contributed by atoms with E-state index in [0.717, 1.165) is 6.07 Å². The maximum Gasteiger partial charge on any atom is 0.434 e. The third-order valence-electron chi connectivity index (χ3n) is 5.40. The molecule has 0 N–H and O–H groups in total. The first kappa shape index (κ1) is 29.6. The van der Waals surface area contributed by atoms with Gasteiger partial charge in [0.05, 0.1) is 44.2 Å². The molecule has 0 radical (unpaired) electrons. The Morgan fingerprint density at radius 3 is 1.38 bits per heavy atom. The fourth-order valence-electron chi connectivity index (χ4n) is 3.72. The third kappa shape index (κ3) is 5.06. The highest BCUT2D eigenvalue weighted by atomic mass is 19.4. The van der Waals surface area contributed by atoms with Crippen molar-refractivity contribution in [2.24, 2.45) is 0 Å². The Balaban J connectivity index is 2.59. The monoisotopic (exact) mass is 567 g/mol. The summed E-state index contributed by atoms with van der Waals surface area (Å²) in [7, 11) is 0. The van der Waals surface area contributed by atoms with E-state index in [0.29, 0.717) is 12.4 Å². The van der Waals surface area contributed by atoms with Gasteiger partial charge >= 0.3 is 12.4 Å². The molecular formula is C27H3F6N9. The smallest absolute Gasteiger partial charge is 0.249 e. The molecule has 1 aromatic carbocycles. The molecule has 0 atom stereocenters. The van der Waals surface area contributed by atoms with Gasteiger partial charge in [0.25, 0.3) is 0 Å². The normalized spacial score (nSPS) is 12.0. The number of hydrogen-bond donors (Lipinski definition) is 0. The van der Waals surface area contributed by atoms with Crippen molar-refractivity contribution in [1.82, 2.24) is 9.97 Å². The summed E-state index contributed by atoms with van der Waals surface area (Å²) in [6, 6.07) is 15.5. The van der Waals surface area contributed by atoms with Gasteiger partial charge in [-0.25, -0.2) is 9.97 Å². The molecule has 198 valence electrons. The lowest BCUT2D eigenvalue weighted by Gasteiger charge is -2.12. The van der Waals surface area contributed by atoms with Crippen molar-refractivity contribution in [3.8, 4) is 42.5 Å². The summed E-state index contributed by atoms with van der Waals surface area (Å²) in [4.78, 5) is 6.19. The molecule has 2 heterocycles. The molecule has 0 fully saturated rings. The minimum atomic E-state index is -5.18. The Hall–Kier alpha value is -6.91. The molecule has 0 spiro atoms. The van der Waals surface area contributed by atoms with E-state index in [2.05, 4.69) is 22.1 Å². The number of nitriles is 7. The van der Waals surface area contributed by atoms with Crippen molar-refractivity contribution >= 4 is 11.1 Å². The summed E-state index contributed by atoms with van der Waals surface area (Å²) >= 11 is 0. The van der Waals surface area contributed by atoms with Crippen LogP contribution >= 0.6 is 0 Å². The zero-order chi connectivity index (χ0) is 31.4. The van der Waals surface area contributed by atoms with Crippen LogP contribution in [0.15, 0.2) is 18.5 Å². The molecule has 0 aliphatic rings. The highest BCUT2D eigenvalue weighted by Gasteiger charge is 2.39. The minimum absolute atomic E-state index is 0.469. The van der Waals surface area contributed by atoms with Crippen LogP contribution in [0, 0.1) is 91.5 Å². The van der Waals surface area contributed by atoms with Crippen LogP contribution in [0.4, 0.5) is 26.3 Å². The van der Waals surface area contributed by atoms with Crippen molar-refractivity contribution in [1.29, 1.82) is 36.8 Å². The number of halogens is 6. The average Bonchev–Trinajstić information content (AvgIpc) is 2.96. The van der Waals surface area contributed by atoms with Crippen LogP contribution in [0.3, 0.4) is 0 Å². The zero-order valence-electron chi connectivity index (χ0n) is 20.0. The largest absolute Gasteiger partial charge is 0.434 e. The van der Waals surface area contributed by atoms with Crippen molar-refractivity contribution < 1.29 is 26.3 Å². The second-order valence-corrected chi connectivity index (χ2v) is 7.67. The summed E-state index contributed by atoms with van der Waals surface area (Å²) in [6.07, 6.45) is -9.40. The lowest BCUT2D eigenvalue weighted by atomic mass is 9.92. The van der Waals surface area contributed by atoms with Gasteiger partial charge in [-0.05, 0) is 6.07 Å². The zero-order valence-corrected chi connectivity index (χ0v) is 20.0. The molecule has 0 bridgehead atoms. The van der Waals surface area contributed by atoms with Crippen LogP contribution in [-0.2, 0) is 12.4 Å². The molecule has 0 amide bonds. The van der Waals surface area contributed by atoms with Gasteiger partial charge in [0.15, 0.2) is 11.4 Å². The molecule has 0 saturated heterocycles. The van der Waals surface area contributed by atoms with Crippen LogP contribution < -0.4 is 10.4 Å². The van der Waals surface area contributed by atoms with E-state index in [4.69, 9.17) is 0 Å². The second kappa shape index (κ2) is 11.1. The number of rotatable bonds is 2. The number of hydrogen-bond acceptors (Lipinski definition) is 9. The third-order valence-corrected chi connectivity index (χ3v) is 5.40. The SMILES string of the molecule is N#C/C(c1c(C#N)cnc(C(F)(F)F)c1C#N)=c1\c#c/c(=C(/C#N)c2c(C#N)cnc(C(F)(F)F)c2C#N)c(C#N)c1. The first-order valence-electron chi connectivity index (χ1n) is 10.6. The summed E-state index contributed by atoms with van der Waals surface area (Å²) in [5.41, 5.74) is -10.9. The van der Waals surface area contributed by atoms with Gasteiger partial charge in [0.1, 0.15) is 42.5 Å². The van der Waals surface area contributed by atoms with Crippen molar-refractivity contribution in [2.45, 2.75) is 12.4 Å². The summed E-state index contributed by atoms with van der Waals surface area (Å²) in [5, 5.41) is 66.1. The van der Waals surface area contributed by atoms with E-state index < -0.39 is 84.3 Å². The molecule has 0 aliphatic carbocycles. The van der Waals surface area contributed by atoms with Crippen molar-refractivity contribution in [3.63, 3.8) is 0 Å². The average molecular weight is 567 g/mol. The first-order chi connectivity index (χ1) is 19.8. The molecule has 3 aromatic rings. The lowest BCUT2D eigenvalue weighted by molar-refractivity contribution is -0.142. The Morgan fingerprint density at radius 1 is 0.595 bits per heavy atom. The predicted octanol–water partition coefficient (Wildman–Crippen LogP) is 2.92. The predicted molar refractivity (Wildman–Crippen MR) is 122 cm³/mol. The molecule has 15 heteroatoms. The quantitative estimate of drug-likeness (QED) is 0.419. The first-order valence-corrected chi connectivity index (χ1v) is 10.6. The van der Waals surface area contributed by atoms with Gasteiger partial charge in [-0.1, -0.05) is 12.1 Å². The standard InChI is InChI=1S/C27H3F6N9/c28-26(29,30)24-20(9-39)22(15(5-35)11-41-24)18(7-37)13-1-2-17(14(3-13)4-34)19(8-38)23-16(6-36)12-42-25(21(23)10-40)27(31,32)33/h3,11-12H/b18-13-,19-17+. The highest BCUT2D eigenvalue weighted by Crippen LogP contribution is 2.35. The minimum Gasteiger partial charge on any atom is -0.249 e. The summed E-state index contributed by atoms with van der Waals surface area (Å²) in [5.74, 6) is 0. The van der Waals surface area contributed by atoms with Gasteiger partial charge in [-0.3, -0.25) is 0 Å². The number of nitrogens with zero attached hydrogens (tertiary/aromatic N) is 9. The molecule has 42 heavy (non-hydrogen) atoms. The maximum atomic E-state index is 13.5. The van der Waals surface area contributed by atoms with E-state index in [1.165, 1.54) is 36.4 Å². The summed E-state index contributed by atoms with van der Waals surface area (Å²) < 4.78 is 81.1. The summed E-state index contributed by atoms with van der Waals surface area (Å²) in [6.45, 7) is 0. The highest BCUT2D eigenvalue weighted by molar-refractivity contribution is 5.85. The van der Waals surface area contributed by atoms with Crippen LogP contribution in [0.5, 0.6) is 0 Å². The van der Waals surface area contributed by atoms with E-state index in [1.54, 1.807) is 6.07 Å². The molecule has 0 unspecified atom stereocenters. The molecule has 3 rings (SSSR count). The van der Waals surface area contributed by atoms with Gasteiger partial charge in [0.2, 0.25) is 0 Å².